The van der Waals surface area contributed by atoms with E-state index in [4.69, 9.17) is 9.26 Å². The third-order valence-electron chi connectivity index (χ3n) is 5.02. The summed E-state index contributed by atoms with van der Waals surface area (Å²) in [5.41, 5.74) is 0. The highest BCUT2D eigenvalue weighted by Crippen LogP contribution is 2.43. The maximum Gasteiger partial charge on any atom is 0.227 e. The van der Waals surface area contributed by atoms with Gasteiger partial charge >= 0.3 is 0 Å². The fourth-order valence-electron chi connectivity index (χ4n) is 3.89. The number of carbonyl (C=O) groups is 1. The molecular formula is C15H20N2O3. The zero-order valence-corrected chi connectivity index (χ0v) is 11.6. The second kappa shape index (κ2) is 4.95. The Labute approximate surface area is 118 Å². The van der Waals surface area contributed by atoms with E-state index in [0.717, 1.165) is 37.9 Å². The van der Waals surface area contributed by atoms with E-state index in [0.29, 0.717) is 36.5 Å². The van der Waals surface area contributed by atoms with Gasteiger partial charge in [-0.1, -0.05) is 11.6 Å². The van der Waals surface area contributed by atoms with Crippen molar-refractivity contribution in [2.45, 2.75) is 69.5 Å². The molecule has 2 saturated heterocycles. The van der Waals surface area contributed by atoms with Crippen LogP contribution in [0.5, 0.6) is 0 Å². The first-order valence-corrected chi connectivity index (χ1v) is 7.80. The normalized spacial score (nSPS) is 36.7. The monoisotopic (exact) mass is 276 g/mol. The number of ether oxygens (including phenoxy) is 1. The van der Waals surface area contributed by atoms with Gasteiger partial charge in [0, 0.05) is 18.8 Å². The highest BCUT2D eigenvalue weighted by Gasteiger charge is 2.43. The third kappa shape index (κ3) is 2.18. The second-order valence-corrected chi connectivity index (χ2v) is 6.38. The molecule has 0 aromatic carbocycles. The van der Waals surface area contributed by atoms with Gasteiger partial charge in [-0.05, 0) is 32.1 Å². The Morgan fingerprint density at radius 2 is 2.15 bits per heavy atom. The molecular weight excluding hydrogens is 256 g/mol. The van der Waals surface area contributed by atoms with Gasteiger partial charge in [0.05, 0.1) is 18.1 Å². The summed E-state index contributed by atoms with van der Waals surface area (Å²) in [5, 5.41) is 4.13. The molecule has 0 radical (unpaired) electrons. The van der Waals surface area contributed by atoms with Crippen LogP contribution in [0.3, 0.4) is 0 Å². The molecule has 1 saturated carbocycles. The lowest BCUT2D eigenvalue weighted by atomic mass is 9.86. The van der Waals surface area contributed by atoms with Crippen molar-refractivity contribution >= 4 is 5.78 Å². The summed E-state index contributed by atoms with van der Waals surface area (Å²) in [7, 11) is 0. The van der Waals surface area contributed by atoms with Crippen LogP contribution in [0.2, 0.25) is 0 Å². The van der Waals surface area contributed by atoms with Gasteiger partial charge in [-0.15, -0.1) is 0 Å². The van der Waals surface area contributed by atoms with Gasteiger partial charge in [0.15, 0.2) is 5.82 Å². The topological polar surface area (TPSA) is 65.2 Å². The van der Waals surface area contributed by atoms with Crippen molar-refractivity contribution in [1.29, 1.82) is 0 Å². The van der Waals surface area contributed by atoms with Gasteiger partial charge in [-0.25, -0.2) is 0 Å². The minimum atomic E-state index is 0.0910. The van der Waals surface area contributed by atoms with E-state index in [-0.39, 0.29) is 12.0 Å². The molecule has 4 rings (SSSR count). The first kappa shape index (κ1) is 12.5. The van der Waals surface area contributed by atoms with Crippen molar-refractivity contribution in [3.63, 3.8) is 0 Å². The summed E-state index contributed by atoms with van der Waals surface area (Å²) in [4.78, 5) is 16.4. The van der Waals surface area contributed by atoms with Crippen LogP contribution in [0.15, 0.2) is 4.52 Å². The van der Waals surface area contributed by atoms with Gasteiger partial charge in [-0.3, -0.25) is 4.79 Å². The molecule has 1 aromatic rings. The van der Waals surface area contributed by atoms with Crippen LogP contribution in [-0.2, 0) is 16.0 Å². The molecule has 1 aromatic heterocycles. The summed E-state index contributed by atoms with van der Waals surface area (Å²) < 4.78 is 11.2. The van der Waals surface area contributed by atoms with Gasteiger partial charge in [0.2, 0.25) is 5.89 Å². The Morgan fingerprint density at radius 3 is 2.90 bits per heavy atom. The standard InChI is InChI=1S/C15H20N2O3/c18-12-4-2-1-3-9(12)7-14-16-15(17-20-14)11-8-10-5-6-13(11)19-10/h9-11,13H,1-8H2. The SMILES string of the molecule is O=C1CCCCC1Cc1nc(C2CC3CCC2O3)no1. The molecule has 0 amide bonds. The lowest BCUT2D eigenvalue weighted by Crippen LogP contribution is -2.21. The van der Waals surface area contributed by atoms with E-state index < -0.39 is 0 Å². The van der Waals surface area contributed by atoms with Gasteiger partial charge < -0.3 is 9.26 Å². The van der Waals surface area contributed by atoms with Crippen molar-refractivity contribution in [2.24, 2.45) is 5.92 Å². The van der Waals surface area contributed by atoms with E-state index in [1.165, 1.54) is 6.42 Å². The number of hydrogen-bond acceptors (Lipinski definition) is 5. The van der Waals surface area contributed by atoms with Crippen molar-refractivity contribution in [2.75, 3.05) is 0 Å². The number of ketones is 1. The van der Waals surface area contributed by atoms with Crippen LogP contribution in [0.4, 0.5) is 0 Å². The molecule has 0 N–H and O–H groups in total. The molecule has 5 nitrogen and oxygen atoms in total. The Morgan fingerprint density at radius 1 is 1.20 bits per heavy atom. The first-order chi connectivity index (χ1) is 9.79. The lowest BCUT2D eigenvalue weighted by molar-refractivity contribution is -0.124. The number of aromatic nitrogens is 2. The number of rotatable bonds is 3. The van der Waals surface area contributed by atoms with Crippen molar-refractivity contribution < 1.29 is 14.1 Å². The van der Waals surface area contributed by atoms with Gasteiger partial charge in [0.1, 0.15) is 5.78 Å². The fraction of sp³-hybridized carbons (Fsp3) is 0.800. The number of hydrogen-bond donors (Lipinski definition) is 0. The molecule has 1 aliphatic carbocycles. The highest BCUT2D eigenvalue weighted by atomic mass is 16.5. The minimum absolute atomic E-state index is 0.0910. The van der Waals surface area contributed by atoms with Crippen LogP contribution < -0.4 is 0 Å². The fourth-order valence-corrected chi connectivity index (χ4v) is 3.89. The Kier molecular flexibility index (Phi) is 3.10. The van der Waals surface area contributed by atoms with E-state index in [1.807, 2.05) is 0 Å². The van der Waals surface area contributed by atoms with Crippen molar-refractivity contribution in [3.8, 4) is 0 Å². The average molecular weight is 276 g/mol. The number of nitrogens with zero attached hydrogens (tertiary/aromatic N) is 2. The molecule has 108 valence electrons. The second-order valence-electron chi connectivity index (χ2n) is 6.38. The summed E-state index contributed by atoms with van der Waals surface area (Å²) in [5.74, 6) is 2.17. The number of carbonyl (C=O) groups excluding carboxylic acids is 1. The predicted octanol–water partition coefficient (Wildman–Crippen LogP) is 2.41. The van der Waals surface area contributed by atoms with E-state index in [2.05, 4.69) is 10.1 Å². The van der Waals surface area contributed by atoms with Gasteiger partial charge in [-0.2, -0.15) is 4.98 Å². The molecule has 4 atom stereocenters. The zero-order valence-electron chi connectivity index (χ0n) is 11.6. The minimum Gasteiger partial charge on any atom is -0.374 e. The lowest BCUT2D eigenvalue weighted by Gasteiger charge is -2.18. The quantitative estimate of drug-likeness (QED) is 0.848. The summed E-state index contributed by atoms with van der Waals surface area (Å²) >= 11 is 0. The van der Waals surface area contributed by atoms with E-state index in [1.54, 1.807) is 0 Å². The average Bonchev–Trinajstić information content (AvgIpc) is 3.16. The molecule has 20 heavy (non-hydrogen) atoms. The Bertz CT molecular complexity index is 513. The number of fused-ring (bicyclic) bond motifs is 2. The zero-order chi connectivity index (χ0) is 13.5. The third-order valence-corrected chi connectivity index (χ3v) is 5.02. The first-order valence-electron chi connectivity index (χ1n) is 7.80. The predicted molar refractivity (Wildman–Crippen MR) is 70.2 cm³/mol. The maximum absolute atomic E-state index is 11.9. The molecule has 3 heterocycles. The molecule has 5 heteroatoms. The Balaban J connectivity index is 1.44. The molecule has 2 bridgehead atoms. The van der Waals surface area contributed by atoms with Crippen molar-refractivity contribution in [3.05, 3.63) is 11.7 Å². The largest absolute Gasteiger partial charge is 0.374 e. The summed E-state index contributed by atoms with van der Waals surface area (Å²) in [6.07, 6.45) is 8.44. The Hall–Kier alpha value is -1.23. The van der Waals surface area contributed by atoms with Crippen LogP contribution >= 0.6 is 0 Å². The molecule has 0 spiro atoms. The van der Waals surface area contributed by atoms with Gasteiger partial charge in [0.25, 0.3) is 0 Å². The van der Waals surface area contributed by atoms with Crippen molar-refractivity contribution in [1.82, 2.24) is 10.1 Å². The van der Waals surface area contributed by atoms with Crippen LogP contribution in [0, 0.1) is 5.92 Å². The molecule has 3 fully saturated rings. The van der Waals surface area contributed by atoms with E-state index in [9.17, 15) is 4.79 Å². The molecule has 3 aliphatic rings. The maximum atomic E-state index is 11.9. The smallest absolute Gasteiger partial charge is 0.227 e. The molecule has 2 aliphatic heterocycles. The summed E-state index contributed by atoms with van der Waals surface area (Å²) in [6.45, 7) is 0. The summed E-state index contributed by atoms with van der Waals surface area (Å²) in [6, 6.07) is 0. The number of Topliss-reactive ketones (excluding diaryl/α,β-unsaturated/α-hetero) is 1. The van der Waals surface area contributed by atoms with Crippen LogP contribution in [-0.4, -0.2) is 28.1 Å². The molecule has 4 unspecified atom stereocenters. The van der Waals surface area contributed by atoms with Crippen LogP contribution in [0.25, 0.3) is 0 Å². The van der Waals surface area contributed by atoms with Crippen LogP contribution in [0.1, 0.15) is 62.6 Å². The highest BCUT2D eigenvalue weighted by molar-refractivity contribution is 5.81. The van der Waals surface area contributed by atoms with E-state index >= 15 is 0 Å².